The third-order valence-electron chi connectivity index (χ3n) is 0.804. The molecule has 0 radical (unpaired) electrons. The standard InChI is InChI=1S/C6H4Br2.Ar/c7-5-1-2-6(8)4-3-5;/h1-4H;. The van der Waals surface area contributed by atoms with Crippen LogP contribution in [0, 0.1) is 37.7 Å². The van der Waals surface area contributed by atoms with E-state index in [-0.39, 0.29) is 37.7 Å². The molecule has 0 fully saturated rings. The number of benzene rings is 1. The van der Waals surface area contributed by atoms with E-state index in [1.54, 1.807) is 0 Å². The average Bonchev–Trinajstić information content (AvgIpc) is 1.77. The van der Waals surface area contributed by atoms with E-state index in [1.165, 1.54) is 0 Å². The molecule has 0 amide bonds. The van der Waals surface area contributed by atoms with Gasteiger partial charge in [-0.15, -0.1) is 0 Å². The van der Waals surface area contributed by atoms with Crippen molar-refractivity contribution in [2.45, 2.75) is 0 Å². The van der Waals surface area contributed by atoms with Gasteiger partial charge in [0.15, 0.2) is 0 Å². The fourth-order valence-corrected chi connectivity index (χ4v) is 0.958. The van der Waals surface area contributed by atoms with Gasteiger partial charge in [0.25, 0.3) is 0 Å². The molecule has 0 N–H and O–H groups in total. The molecule has 0 aromatic heterocycles. The zero-order valence-corrected chi connectivity index (χ0v) is 8.30. The molecule has 50 valence electrons. The number of hydrogen-bond donors (Lipinski definition) is 0. The van der Waals surface area contributed by atoms with E-state index in [4.69, 9.17) is 0 Å². The van der Waals surface area contributed by atoms with Crippen molar-refractivity contribution in [2.24, 2.45) is 0 Å². The predicted octanol–water partition coefficient (Wildman–Crippen LogP) is 3.21. The fourth-order valence-electron chi connectivity index (χ4n) is 0.430. The molecule has 0 aliphatic rings. The topological polar surface area (TPSA) is 0 Å². The monoisotopic (exact) mass is 274 g/mol. The molecular weight excluding hydrogens is 272 g/mol. The molecule has 0 saturated heterocycles. The molecule has 1 aromatic carbocycles. The van der Waals surface area contributed by atoms with Gasteiger partial charge in [-0.3, -0.25) is 0 Å². The van der Waals surface area contributed by atoms with Gasteiger partial charge in [-0.1, -0.05) is 31.9 Å². The summed E-state index contributed by atoms with van der Waals surface area (Å²) in [6, 6.07) is 7.96. The quantitative estimate of drug-likeness (QED) is 0.682. The van der Waals surface area contributed by atoms with E-state index in [2.05, 4.69) is 31.9 Å². The largest absolute Gasteiger partial charge is 0.0508 e. The summed E-state index contributed by atoms with van der Waals surface area (Å²) in [6.07, 6.45) is 0. The Morgan fingerprint density at radius 1 is 0.778 bits per heavy atom. The van der Waals surface area contributed by atoms with Gasteiger partial charge in [-0.2, -0.15) is 0 Å². The molecule has 1 aromatic rings. The van der Waals surface area contributed by atoms with Gasteiger partial charge in [0, 0.05) is 46.7 Å². The molecule has 0 atom stereocenters. The zero-order chi connectivity index (χ0) is 5.98. The van der Waals surface area contributed by atoms with Crippen LogP contribution >= 0.6 is 31.9 Å². The average molecular weight is 276 g/mol. The van der Waals surface area contributed by atoms with Crippen LogP contribution in [0.2, 0.25) is 0 Å². The first-order chi connectivity index (χ1) is 3.79. The van der Waals surface area contributed by atoms with Crippen molar-refractivity contribution in [3.8, 4) is 0 Å². The molecule has 0 aliphatic heterocycles. The van der Waals surface area contributed by atoms with E-state index in [1.807, 2.05) is 24.3 Å². The van der Waals surface area contributed by atoms with Crippen molar-refractivity contribution < 1.29 is 37.7 Å². The Bertz CT molecular complexity index is 150. The second-order valence-corrected chi connectivity index (χ2v) is 3.27. The van der Waals surface area contributed by atoms with E-state index in [0.717, 1.165) is 8.95 Å². The van der Waals surface area contributed by atoms with Gasteiger partial charge in [-0.25, -0.2) is 0 Å². The molecular formula is C6H4ArBr2. The Kier molecular flexibility index (Phi) is 5.96. The molecule has 0 unspecified atom stereocenters. The Balaban J connectivity index is 0.000000640. The molecule has 9 heavy (non-hydrogen) atoms. The number of rotatable bonds is 0. The van der Waals surface area contributed by atoms with Gasteiger partial charge in [0.1, 0.15) is 0 Å². The van der Waals surface area contributed by atoms with E-state index in [0.29, 0.717) is 0 Å². The van der Waals surface area contributed by atoms with Crippen molar-refractivity contribution in [3.05, 3.63) is 33.2 Å². The summed E-state index contributed by atoms with van der Waals surface area (Å²) in [7, 11) is 0. The summed E-state index contributed by atoms with van der Waals surface area (Å²) in [5.74, 6) is 0. The van der Waals surface area contributed by atoms with E-state index < -0.39 is 0 Å². The van der Waals surface area contributed by atoms with Crippen LogP contribution in [0.1, 0.15) is 0 Å². The van der Waals surface area contributed by atoms with E-state index in [9.17, 15) is 0 Å². The molecule has 0 nitrogen and oxygen atoms in total. The van der Waals surface area contributed by atoms with Gasteiger partial charge in [0.2, 0.25) is 0 Å². The first-order valence-corrected chi connectivity index (χ1v) is 3.79. The summed E-state index contributed by atoms with van der Waals surface area (Å²) < 4.78 is 2.22. The summed E-state index contributed by atoms with van der Waals surface area (Å²) in [6.45, 7) is 0. The molecule has 0 aliphatic carbocycles. The van der Waals surface area contributed by atoms with Gasteiger partial charge < -0.3 is 0 Å². The Labute approximate surface area is 101 Å². The molecule has 0 bridgehead atoms. The van der Waals surface area contributed by atoms with Crippen LogP contribution in [-0.2, 0) is 0 Å². The van der Waals surface area contributed by atoms with Crippen molar-refractivity contribution in [1.29, 1.82) is 0 Å². The third-order valence-corrected chi connectivity index (χ3v) is 1.86. The van der Waals surface area contributed by atoms with Crippen LogP contribution in [0.5, 0.6) is 0 Å². The summed E-state index contributed by atoms with van der Waals surface area (Å²) in [5, 5.41) is 0. The second kappa shape index (κ2) is 5.14. The minimum Gasteiger partial charge on any atom is -0.0508 e. The molecule has 0 heterocycles. The van der Waals surface area contributed by atoms with Crippen LogP contribution in [0.25, 0.3) is 0 Å². The number of hydrogen-bond acceptors (Lipinski definition) is 0. The first kappa shape index (κ1) is 10.4. The van der Waals surface area contributed by atoms with Crippen LogP contribution in [0.15, 0.2) is 33.2 Å². The summed E-state index contributed by atoms with van der Waals surface area (Å²) >= 11 is 6.65. The minimum absolute atomic E-state index is 0. The second-order valence-electron chi connectivity index (χ2n) is 1.44. The maximum absolute atomic E-state index is 3.32. The predicted molar refractivity (Wildman–Crippen MR) is 41.8 cm³/mol. The van der Waals surface area contributed by atoms with Crippen molar-refractivity contribution in [3.63, 3.8) is 0 Å². The van der Waals surface area contributed by atoms with Crippen LogP contribution in [0.3, 0.4) is 0 Å². The third kappa shape index (κ3) is 3.99. The Hall–Kier alpha value is 1.44. The van der Waals surface area contributed by atoms with Crippen LogP contribution < -0.4 is 0 Å². The van der Waals surface area contributed by atoms with Crippen molar-refractivity contribution in [1.82, 2.24) is 0 Å². The van der Waals surface area contributed by atoms with E-state index >= 15 is 0 Å². The fraction of sp³-hybridized carbons (Fsp3) is 0. The van der Waals surface area contributed by atoms with Gasteiger partial charge in [-0.05, 0) is 24.3 Å². The summed E-state index contributed by atoms with van der Waals surface area (Å²) in [5.41, 5.74) is 0. The Morgan fingerprint density at radius 2 is 1.00 bits per heavy atom. The van der Waals surface area contributed by atoms with Gasteiger partial charge >= 0.3 is 0 Å². The maximum atomic E-state index is 3.32. The van der Waals surface area contributed by atoms with Crippen LogP contribution in [-0.4, -0.2) is 0 Å². The molecule has 0 saturated carbocycles. The molecule has 1 rings (SSSR count). The van der Waals surface area contributed by atoms with Gasteiger partial charge in [0.05, 0.1) is 0 Å². The molecule has 3 heteroatoms. The van der Waals surface area contributed by atoms with Crippen molar-refractivity contribution in [2.75, 3.05) is 0 Å². The Morgan fingerprint density at radius 3 is 1.22 bits per heavy atom. The normalized spacial score (nSPS) is 8.22. The SMILES string of the molecule is Brc1ccc(Br)cc1.[Ar]. The van der Waals surface area contributed by atoms with Crippen molar-refractivity contribution >= 4 is 31.9 Å². The maximum Gasteiger partial charge on any atom is 0.0176 e. The van der Waals surface area contributed by atoms with Crippen LogP contribution in [0.4, 0.5) is 0 Å². The first-order valence-electron chi connectivity index (χ1n) is 2.20. The zero-order valence-electron chi connectivity index (χ0n) is 4.42. The summed E-state index contributed by atoms with van der Waals surface area (Å²) in [4.78, 5) is 0. The molecule has 0 spiro atoms. The smallest absolute Gasteiger partial charge is 0.0176 e. The number of halogens is 2. The minimum atomic E-state index is 0.